The summed E-state index contributed by atoms with van der Waals surface area (Å²) < 4.78 is 1.90. The molecule has 1 aliphatic rings. The van der Waals surface area contributed by atoms with E-state index in [1.807, 2.05) is 67.1 Å². The molecule has 2 heterocycles. The summed E-state index contributed by atoms with van der Waals surface area (Å²) in [5.74, 6) is 0.658. The van der Waals surface area contributed by atoms with Crippen molar-refractivity contribution in [1.29, 1.82) is 0 Å². The molecule has 1 aromatic heterocycles. The van der Waals surface area contributed by atoms with Crippen molar-refractivity contribution in [1.82, 2.24) is 14.9 Å². The molecule has 6 nitrogen and oxygen atoms in total. The average Bonchev–Trinajstić information content (AvgIpc) is 3.25. The van der Waals surface area contributed by atoms with Crippen LogP contribution in [0.2, 0.25) is 0 Å². The van der Waals surface area contributed by atoms with Gasteiger partial charge in [-0.05, 0) is 43.5 Å². The number of nitrogens with one attached hydrogen (secondary N) is 2. The van der Waals surface area contributed by atoms with E-state index in [-0.39, 0.29) is 11.9 Å². The Morgan fingerprint density at radius 3 is 2.45 bits per heavy atom. The van der Waals surface area contributed by atoms with Gasteiger partial charge in [0.15, 0.2) is 5.82 Å². The van der Waals surface area contributed by atoms with E-state index < -0.39 is 5.25 Å². The highest BCUT2D eigenvalue weighted by atomic mass is 32.2. The number of fused-ring (bicyclic) bond motifs is 1. The first-order chi connectivity index (χ1) is 16.0. The number of carbonyl (C=O) groups is 1. The van der Waals surface area contributed by atoms with Crippen LogP contribution in [0.3, 0.4) is 0 Å². The lowest BCUT2D eigenvalue weighted by Crippen LogP contribution is -2.41. The monoisotopic (exact) mass is 455 g/mol. The Balaban J connectivity index is 1.52. The number of amides is 1. The van der Waals surface area contributed by atoms with E-state index in [4.69, 9.17) is 0 Å². The summed E-state index contributed by atoms with van der Waals surface area (Å²) >= 11 is 1.43. The second-order valence-electron chi connectivity index (χ2n) is 8.30. The van der Waals surface area contributed by atoms with Gasteiger partial charge in [-0.15, -0.1) is 10.2 Å². The number of rotatable bonds is 4. The number of thioether (sulfide) groups is 1. The van der Waals surface area contributed by atoms with Crippen LogP contribution in [0.1, 0.15) is 28.3 Å². The molecule has 2 unspecified atom stereocenters. The molecule has 5 rings (SSSR count). The first-order valence-electron chi connectivity index (χ1n) is 10.9. The van der Waals surface area contributed by atoms with Gasteiger partial charge in [-0.2, -0.15) is 0 Å². The van der Waals surface area contributed by atoms with E-state index in [1.165, 1.54) is 17.3 Å². The predicted octanol–water partition coefficient (Wildman–Crippen LogP) is 5.27. The largest absolute Gasteiger partial charge is 0.325 e. The standard InChI is InChI=1S/C26H25N5OS/c1-16-12-14-19(15-13-16)22-23(25(32)27-21-11-7-8-17(2)18(21)3)33-26-29-28-24(31(26)30-22)20-9-5-4-6-10-20/h4-15,22-23,30H,1-3H3,(H,27,32). The second kappa shape index (κ2) is 8.75. The summed E-state index contributed by atoms with van der Waals surface area (Å²) in [5.41, 5.74) is 9.75. The first-order valence-corrected chi connectivity index (χ1v) is 11.8. The van der Waals surface area contributed by atoms with Gasteiger partial charge in [0.1, 0.15) is 5.25 Å². The number of aryl methyl sites for hydroxylation is 2. The molecule has 0 fully saturated rings. The molecule has 0 spiro atoms. The maximum atomic E-state index is 13.5. The summed E-state index contributed by atoms with van der Waals surface area (Å²) in [6.07, 6.45) is 0. The van der Waals surface area contributed by atoms with Crippen LogP contribution in [0.25, 0.3) is 11.4 Å². The smallest absolute Gasteiger partial charge is 0.240 e. The summed E-state index contributed by atoms with van der Waals surface area (Å²) in [4.78, 5) is 13.5. The van der Waals surface area contributed by atoms with Gasteiger partial charge in [-0.1, -0.05) is 84.1 Å². The van der Waals surface area contributed by atoms with Crippen molar-refractivity contribution in [3.63, 3.8) is 0 Å². The van der Waals surface area contributed by atoms with Crippen molar-refractivity contribution in [2.45, 2.75) is 37.2 Å². The Bertz CT molecular complexity index is 1300. The first kappa shape index (κ1) is 21.3. The van der Waals surface area contributed by atoms with Crippen LogP contribution in [-0.4, -0.2) is 26.0 Å². The zero-order valence-electron chi connectivity index (χ0n) is 18.7. The van der Waals surface area contributed by atoms with Crippen molar-refractivity contribution in [3.8, 4) is 11.4 Å². The fraction of sp³-hybridized carbons (Fsp3) is 0.192. The van der Waals surface area contributed by atoms with Gasteiger partial charge in [0.2, 0.25) is 11.1 Å². The fourth-order valence-electron chi connectivity index (χ4n) is 3.94. The lowest BCUT2D eigenvalue weighted by atomic mass is 10.0. The summed E-state index contributed by atoms with van der Waals surface area (Å²) in [6, 6.07) is 23.9. The molecule has 7 heteroatoms. The Morgan fingerprint density at radius 2 is 1.70 bits per heavy atom. The molecule has 4 aromatic rings. The molecule has 1 aliphatic heterocycles. The van der Waals surface area contributed by atoms with Gasteiger partial charge in [0.25, 0.3) is 0 Å². The summed E-state index contributed by atoms with van der Waals surface area (Å²) in [5, 5.41) is 12.2. The SMILES string of the molecule is Cc1ccc(C2Nn3c(nnc3-c3ccccc3)SC2C(=O)Nc2cccc(C)c2C)cc1. The van der Waals surface area contributed by atoms with Crippen molar-refractivity contribution in [3.05, 3.63) is 95.1 Å². The summed E-state index contributed by atoms with van der Waals surface area (Å²) in [7, 11) is 0. The van der Waals surface area contributed by atoms with E-state index >= 15 is 0 Å². The molecular formula is C26H25N5OS. The highest BCUT2D eigenvalue weighted by molar-refractivity contribution is 8.00. The minimum atomic E-state index is -0.423. The molecule has 1 amide bonds. The van der Waals surface area contributed by atoms with Crippen LogP contribution in [0.5, 0.6) is 0 Å². The molecule has 0 saturated carbocycles. The van der Waals surface area contributed by atoms with E-state index in [0.717, 1.165) is 33.8 Å². The summed E-state index contributed by atoms with van der Waals surface area (Å²) in [6.45, 7) is 6.13. The van der Waals surface area contributed by atoms with Gasteiger partial charge in [-0.3, -0.25) is 4.79 Å². The van der Waals surface area contributed by atoms with Crippen LogP contribution in [-0.2, 0) is 4.79 Å². The number of nitrogens with zero attached hydrogens (tertiary/aromatic N) is 3. The third-order valence-corrected chi connectivity index (χ3v) is 7.24. The minimum Gasteiger partial charge on any atom is -0.325 e. The normalized spacial score (nSPS) is 17.2. The molecular weight excluding hydrogens is 430 g/mol. The molecule has 2 atom stereocenters. The van der Waals surface area contributed by atoms with Crippen LogP contribution in [0, 0.1) is 20.8 Å². The quantitative estimate of drug-likeness (QED) is 0.439. The van der Waals surface area contributed by atoms with E-state index in [9.17, 15) is 4.79 Å². The molecule has 0 radical (unpaired) electrons. The molecule has 0 bridgehead atoms. The third-order valence-electron chi connectivity index (χ3n) is 6.03. The fourth-order valence-corrected chi connectivity index (χ4v) is 5.02. The number of carbonyl (C=O) groups excluding carboxylic acids is 1. The van der Waals surface area contributed by atoms with E-state index in [0.29, 0.717) is 5.16 Å². The molecule has 2 N–H and O–H groups in total. The third kappa shape index (κ3) is 4.12. The maximum Gasteiger partial charge on any atom is 0.240 e. The Labute approximate surface area is 197 Å². The van der Waals surface area contributed by atoms with Gasteiger partial charge >= 0.3 is 0 Å². The molecule has 166 valence electrons. The Kier molecular flexibility index (Phi) is 5.64. The van der Waals surface area contributed by atoms with Crippen LogP contribution in [0.4, 0.5) is 5.69 Å². The number of hydrogen-bond donors (Lipinski definition) is 2. The predicted molar refractivity (Wildman–Crippen MR) is 133 cm³/mol. The Morgan fingerprint density at radius 1 is 0.939 bits per heavy atom. The Hall–Kier alpha value is -3.58. The van der Waals surface area contributed by atoms with Gasteiger partial charge in [0.05, 0.1) is 6.04 Å². The maximum absolute atomic E-state index is 13.5. The van der Waals surface area contributed by atoms with Crippen LogP contribution in [0.15, 0.2) is 78.0 Å². The highest BCUT2D eigenvalue weighted by Crippen LogP contribution is 2.39. The van der Waals surface area contributed by atoms with Crippen molar-refractivity contribution < 1.29 is 4.79 Å². The molecule has 3 aromatic carbocycles. The number of anilines is 1. The lowest BCUT2D eigenvalue weighted by molar-refractivity contribution is -0.116. The molecule has 0 saturated heterocycles. The zero-order chi connectivity index (χ0) is 22.9. The zero-order valence-corrected chi connectivity index (χ0v) is 19.6. The van der Waals surface area contributed by atoms with Crippen molar-refractivity contribution in [2.24, 2.45) is 0 Å². The van der Waals surface area contributed by atoms with Gasteiger partial charge in [-0.25, -0.2) is 4.68 Å². The van der Waals surface area contributed by atoms with Crippen LogP contribution < -0.4 is 10.7 Å². The molecule has 33 heavy (non-hydrogen) atoms. The van der Waals surface area contributed by atoms with Crippen molar-refractivity contribution in [2.75, 3.05) is 10.7 Å². The second-order valence-corrected chi connectivity index (χ2v) is 9.41. The highest BCUT2D eigenvalue weighted by Gasteiger charge is 2.38. The number of hydrogen-bond acceptors (Lipinski definition) is 5. The molecule has 0 aliphatic carbocycles. The minimum absolute atomic E-state index is 0.0673. The number of aromatic nitrogens is 3. The van der Waals surface area contributed by atoms with Crippen LogP contribution >= 0.6 is 11.8 Å². The average molecular weight is 456 g/mol. The van der Waals surface area contributed by atoms with Gasteiger partial charge < -0.3 is 10.7 Å². The number of benzene rings is 3. The van der Waals surface area contributed by atoms with Crippen molar-refractivity contribution >= 4 is 23.4 Å². The van der Waals surface area contributed by atoms with E-state index in [1.54, 1.807) is 0 Å². The van der Waals surface area contributed by atoms with E-state index in [2.05, 4.69) is 52.1 Å². The lowest BCUT2D eigenvalue weighted by Gasteiger charge is -2.33. The topological polar surface area (TPSA) is 71.8 Å². The van der Waals surface area contributed by atoms with Gasteiger partial charge in [0, 0.05) is 11.3 Å².